The molecular weight excluding hydrogens is 707 g/mol. The summed E-state index contributed by atoms with van der Waals surface area (Å²) < 4.78 is 4.84. The van der Waals surface area contributed by atoms with Crippen LogP contribution < -0.4 is 20.7 Å². The Balaban J connectivity index is 1.09. The molecule has 0 radical (unpaired) electrons. The minimum absolute atomic E-state index is 0.980. The molecule has 0 saturated carbocycles. The first-order valence-corrected chi connectivity index (χ1v) is 21.5. The van der Waals surface area contributed by atoms with Gasteiger partial charge in [-0.05, 0) is 81.4 Å². The highest BCUT2D eigenvalue weighted by Crippen LogP contribution is 2.36. The molecular formula is C53H37N3Si. The molecule has 0 fully saturated rings. The Morgan fingerprint density at radius 1 is 0.316 bits per heavy atom. The van der Waals surface area contributed by atoms with Gasteiger partial charge in [-0.15, -0.1) is 0 Å². The van der Waals surface area contributed by atoms with Gasteiger partial charge in [0.05, 0.1) is 27.8 Å². The van der Waals surface area contributed by atoms with Crippen molar-refractivity contribution in [2.75, 3.05) is 0 Å². The third kappa shape index (κ3) is 5.22. The Kier molecular flexibility index (Phi) is 7.83. The standard InChI is InChI=1S/C53H37N3Si/c1-3-15-41(16-4-1)57(42-17-5-2-6-18-42,43-31-26-38(27-32-43)49-22-13-14-36-54-49)44-33-28-39(29-34-44)55-52-25-12-9-21-47(52)48-37-40(30-35-53(48)55)56-50-23-10-7-19-45(50)46-20-8-11-24-51(46)56/h1-37H. The molecule has 268 valence electrons. The summed E-state index contributed by atoms with van der Waals surface area (Å²) in [6.07, 6.45) is 1.86. The summed E-state index contributed by atoms with van der Waals surface area (Å²) in [7, 11) is -2.75. The number of nitrogens with zero attached hydrogens (tertiary/aromatic N) is 3. The summed E-state index contributed by atoms with van der Waals surface area (Å²) in [4.78, 5) is 4.64. The summed E-state index contributed by atoms with van der Waals surface area (Å²) in [6.45, 7) is 0. The largest absolute Gasteiger partial charge is 0.309 e. The summed E-state index contributed by atoms with van der Waals surface area (Å²) in [5.74, 6) is 0. The predicted molar refractivity (Wildman–Crippen MR) is 242 cm³/mol. The zero-order valence-corrected chi connectivity index (χ0v) is 32.2. The van der Waals surface area contributed by atoms with Gasteiger partial charge < -0.3 is 9.13 Å². The van der Waals surface area contributed by atoms with Crippen LogP contribution in [0.25, 0.3) is 66.2 Å². The Morgan fingerprint density at radius 3 is 1.28 bits per heavy atom. The zero-order chi connectivity index (χ0) is 37.8. The normalized spacial score (nSPS) is 11.9. The van der Waals surface area contributed by atoms with Crippen LogP contribution in [0.5, 0.6) is 0 Å². The van der Waals surface area contributed by atoms with E-state index in [0.29, 0.717) is 0 Å². The Morgan fingerprint density at radius 2 is 0.737 bits per heavy atom. The molecule has 11 aromatic rings. The summed E-state index contributed by atoms with van der Waals surface area (Å²) in [5.41, 5.74) is 9.21. The van der Waals surface area contributed by atoms with Crippen LogP contribution in [0.3, 0.4) is 0 Å². The van der Waals surface area contributed by atoms with E-state index in [1.165, 1.54) is 64.4 Å². The Bertz CT molecular complexity index is 3110. The van der Waals surface area contributed by atoms with Crippen molar-refractivity contribution in [2.24, 2.45) is 0 Å². The fourth-order valence-corrected chi connectivity index (χ4v) is 14.0. The predicted octanol–water partition coefficient (Wildman–Crippen LogP) is 10.3. The lowest BCUT2D eigenvalue weighted by Crippen LogP contribution is -2.74. The monoisotopic (exact) mass is 743 g/mol. The van der Waals surface area contributed by atoms with E-state index in [0.717, 1.165) is 22.6 Å². The van der Waals surface area contributed by atoms with Gasteiger partial charge in [-0.3, -0.25) is 4.98 Å². The maximum Gasteiger partial charge on any atom is 0.179 e. The lowest BCUT2D eigenvalue weighted by Gasteiger charge is -2.34. The smallest absolute Gasteiger partial charge is 0.179 e. The summed E-state index contributed by atoms with van der Waals surface area (Å²) >= 11 is 0. The first-order chi connectivity index (χ1) is 28.3. The minimum Gasteiger partial charge on any atom is -0.309 e. The quantitative estimate of drug-likeness (QED) is 0.118. The first-order valence-electron chi connectivity index (χ1n) is 19.5. The third-order valence-electron chi connectivity index (χ3n) is 11.7. The van der Waals surface area contributed by atoms with Crippen molar-refractivity contribution in [3.63, 3.8) is 0 Å². The fraction of sp³-hybridized carbons (Fsp3) is 0. The van der Waals surface area contributed by atoms with Crippen LogP contribution in [0.4, 0.5) is 0 Å². The number of aromatic nitrogens is 3. The molecule has 3 nitrogen and oxygen atoms in total. The molecule has 0 aliphatic rings. The van der Waals surface area contributed by atoms with Gasteiger partial charge in [0.1, 0.15) is 0 Å². The van der Waals surface area contributed by atoms with E-state index in [2.05, 4.69) is 220 Å². The highest BCUT2D eigenvalue weighted by atomic mass is 28.3. The van der Waals surface area contributed by atoms with Crippen molar-refractivity contribution in [3.8, 4) is 22.6 Å². The Hall–Kier alpha value is -7.27. The van der Waals surface area contributed by atoms with Crippen molar-refractivity contribution >= 4 is 72.4 Å². The molecule has 0 unspecified atom stereocenters. The van der Waals surface area contributed by atoms with Crippen molar-refractivity contribution in [3.05, 3.63) is 225 Å². The van der Waals surface area contributed by atoms with E-state index >= 15 is 0 Å². The van der Waals surface area contributed by atoms with Gasteiger partial charge in [0.2, 0.25) is 0 Å². The Labute approximate surface area is 332 Å². The number of benzene rings is 8. The van der Waals surface area contributed by atoms with E-state index in [1.54, 1.807) is 0 Å². The molecule has 4 heteroatoms. The maximum atomic E-state index is 4.64. The van der Waals surface area contributed by atoms with E-state index in [4.69, 9.17) is 0 Å². The second kappa shape index (κ2) is 13.5. The van der Waals surface area contributed by atoms with Crippen LogP contribution in [-0.4, -0.2) is 22.2 Å². The molecule has 0 aliphatic heterocycles. The van der Waals surface area contributed by atoms with E-state index < -0.39 is 8.07 Å². The third-order valence-corrected chi connectivity index (χ3v) is 16.5. The highest BCUT2D eigenvalue weighted by Gasteiger charge is 2.41. The average molecular weight is 744 g/mol. The molecule has 8 aromatic carbocycles. The molecule has 11 rings (SSSR count). The van der Waals surface area contributed by atoms with Crippen molar-refractivity contribution in [2.45, 2.75) is 0 Å². The lowest BCUT2D eigenvalue weighted by molar-refractivity contribution is 1.17. The highest BCUT2D eigenvalue weighted by molar-refractivity contribution is 7.19. The van der Waals surface area contributed by atoms with Gasteiger partial charge >= 0.3 is 0 Å². The van der Waals surface area contributed by atoms with Crippen LogP contribution >= 0.6 is 0 Å². The maximum absolute atomic E-state index is 4.64. The molecule has 3 heterocycles. The van der Waals surface area contributed by atoms with Crippen LogP contribution in [0, 0.1) is 0 Å². The van der Waals surface area contributed by atoms with Crippen molar-refractivity contribution in [1.29, 1.82) is 0 Å². The summed E-state index contributed by atoms with van der Waals surface area (Å²) in [5, 5.41) is 10.4. The van der Waals surface area contributed by atoms with Crippen molar-refractivity contribution < 1.29 is 0 Å². The molecule has 0 saturated heterocycles. The molecule has 0 bridgehead atoms. The molecule has 0 spiro atoms. The SMILES string of the molecule is c1ccc([Si](c2ccccc2)(c2ccc(-c3ccccn3)cc2)c2ccc(-n3c4ccccc4c4cc(-n5c6ccccc6c6ccccc65)ccc43)cc2)cc1. The van der Waals surface area contributed by atoms with Gasteiger partial charge in [0, 0.05) is 44.7 Å². The number of hydrogen-bond acceptors (Lipinski definition) is 1. The van der Waals surface area contributed by atoms with Crippen LogP contribution in [-0.2, 0) is 0 Å². The van der Waals surface area contributed by atoms with E-state index in [1.807, 2.05) is 18.3 Å². The van der Waals surface area contributed by atoms with Gasteiger partial charge in [-0.25, -0.2) is 0 Å². The van der Waals surface area contributed by atoms with Gasteiger partial charge in [-0.2, -0.15) is 0 Å². The first kappa shape index (κ1) is 33.1. The molecule has 3 aromatic heterocycles. The van der Waals surface area contributed by atoms with Crippen LogP contribution in [0.1, 0.15) is 0 Å². The number of fused-ring (bicyclic) bond motifs is 6. The number of rotatable bonds is 7. The van der Waals surface area contributed by atoms with Crippen molar-refractivity contribution in [1.82, 2.24) is 14.1 Å². The number of pyridine rings is 1. The van der Waals surface area contributed by atoms with E-state index in [-0.39, 0.29) is 0 Å². The summed E-state index contributed by atoms with van der Waals surface area (Å²) in [6, 6.07) is 80.2. The molecule has 0 amide bonds. The lowest BCUT2D eigenvalue weighted by atomic mass is 10.1. The zero-order valence-electron chi connectivity index (χ0n) is 31.2. The van der Waals surface area contributed by atoms with Crippen LogP contribution in [0.15, 0.2) is 225 Å². The molecule has 0 aliphatic carbocycles. The van der Waals surface area contributed by atoms with E-state index in [9.17, 15) is 0 Å². The number of para-hydroxylation sites is 3. The molecule has 0 N–H and O–H groups in total. The average Bonchev–Trinajstić information content (AvgIpc) is 3.81. The second-order valence-corrected chi connectivity index (χ2v) is 18.6. The van der Waals surface area contributed by atoms with Gasteiger partial charge in [0.25, 0.3) is 0 Å². The van der Waals surface area contributed by atoms with Gasteiger partial charge in [-0.1, -0.05) is 158 Å². The van der Waals surface area contributed by atoms with Gasteiger partial charge in [0.15, 0.2) is 8.07 Å². The fourth-order valence-electron chi connectivity index (χ4n) is 9.24. The van der Waals surface area contributed by atoms with Crippen LogP contribution in [0.2, 0.25) is 0 Å². The minimum atomic E-state index is -2.75. The number of hydrogen-bond donors (Lipinski definition) is 0. The second-order valence-electron chi connectivity index (χ2n) is 14.7. The molecule has 0 atom stereocenters. The topological polar surface area (TPSA) is 22.8 Å². The molecule has 57 heavy (non-hydrogen) atoms.